The first-order chi connectivity index (χ1) is 11.5. The second-order valence-electron chi connectivity index (χ2n) is 5.93. The minimum atomic E-state index is -0.0635. The number of benzene rings is 2. The summed E-state index contributed by atoms with van der Waals surface area (Å²) in [6.07, 6.45) is 1.79. The molecule has 0 bridgehead atoms. The van der Waals surface area contributed by atoms with Crippen molar-refractivity contribution in [2.24, 2.45) is 7.05 Å². The van der Waals surface area contributed by atoms with E-state index in [0.29, 0.717) is 12.3 Å². The van der Waals surface area contributed by atoms with Gasteiger partial charge in [-0.2, -0.15) is 5.10 Å². The molecule has 0 saturated carbocycles. The van der Waals surface area contributed by atoms with E-state index in [9.17, 15) is 4.79 Å². The summed E-state index contributed by atoms with van der Waals surface area (Å²) >= 11 is 0. The van der Waals surface area contributed by atoms with Crippen LogP contribution < -0.4 is 4.74 Å². The molecule has 0 radical (unpaired) electrons. The molecule has 2 aromatic carbocycles. The van der Waals surface area contributed by atoms with E-state index in [2.05, 4.69) is 5.10 Å². The molecular weight excluding hydrogens is 302 g/mol. The Morgan fingerprint density at radius 3 is 2.67 bits per heavy atom. The maximum absolute atomic E-state index is 12.3. The lowest BCUT2D eigenvalue weighted by molar-refractivity contribution is -0.132. The van der Waals surface area contributed by atoms with Gasteiger partial charge in [-0.15, -0.1) is 0 Å². The average molecular weight is 323 g/mol. The van der Waals surface area contributed by atoms with Crippen LogP contribution >= 0.6 is 0 Å². The third-order valence-electron chi connectivity index (χ3n) is 4.25. The Bertz CT molecular complexity index is 870. The fourth-order valence-corrected chi connectivity index (χ4v) is 2.56. The number of ether oxygens (including phenoxy) is 1. The summed E-state index contributed by atoms with van der Waals surface area (Å²) in [5.74, 6) is 0.638. The molecule has 0 saturated heterocycles. The Labute approximate surface area is 141 Å². The minimum Gasteiger partial charge on any atom is -0.484 e. The number of hydrogen-bond acceptors (Lipinski definition) is 3. The second-order valence-corrected chi connectivity index (χ2v) is 5.93. The van der Waals surface area contributed by atoms with E-state index in [1.165, 1.54) is 0 Å². The van der Waals surface area contributed by atoms with E-state index in [1.807, 2.05) is 56.4 Å². The highest BCUT2D eigenvalue weighted by Gasteiger charge is 2.13. The monoisotopic (exact) mass is 323 g/mol. The molecule has 3 aromatic rings. The standard InChI is InChI=1S/C19H21N3O2/c1-14-17(11-20-22(14)3)12-21(2)19(23)13-24-18-9-8-15-6-4-5-7-16(15)10-18/h4-11H,12-13H2,1-3H3. The third-order valence-corrected chi connectivity index (χ3v) is 4.25. The maximum Gasteiger partial charge on any atom is 0.260 e. The largest absolute Gasteiger partial charge is 0.484 e. The smallest absolute Gasteiger partial charge is 0.260 e. The van der Waals surface area contributed by atoms with Crippen LogP contribution in [0.4, 0.5) is 0 Å². The van der Waals surface area contributed by atoms with Crippen LogP contribution in [0.25, 0.3) is 10.8 Å². The highest BCUT2D eigenvalue weighted by molar-refractivity contribution is 5.84. The van der Waals surface area contributed by atoms with Crippen LogP contribution in [0.2, 0.25) is 0 Å². The molecule has 0 aliphatic carbocycles. The SMILES string of the molecule is Cc1c(CN(C)C(=O)COc2ccc3ccccc3c2)cnn1C. The molecule has 1 amide bonds. The van der Waals surface area contributed by atoms with Crippen molar-refractivity contribution in [3.8, 4) is 5.75 Å². The summed E-state index contributed by atoms with van der Waals surface area (Å²) in [7, 11) is 3.67. The van der Waals surface area contributed by atoms with Crippen molar-refractivity contribution in [2.45, 2.75) is 13.5 Å². The van der Waals surface area contributed by atoms with Gasteiger partial charge in [-0.3, -0.25) is 9.48 Å². The molecule has 1 heterocycles. The molecule has 0 atom stereocenters. The third kappa shape index (κ3) is 3.40. The Kier molecular flexibility index (Phi) is 4.51. The quantitative estimate of drug-likeness (QED) is 0.725. The van der Waals surface area contributed by atoms with Gasteiger partial charge in [-0.05, 0) is 29.8 Å². The van der Waals surface area contributed by atoms with Crippen LogP contribution in [0.3, 0.4) is 0 Å². The number of aromatic nitrogens is 2. The van der Waals surface area contributed by atoms with Crippen LogP contribution in [0, 0.1) is 6.92 Å². The van der Waals surface area contributed by atoms with Crippen LogP contribution in [-0.4, -0.2) is 34.2 Å². The van der Waals surface area contributed by atoms with Gasteiger partial charge in [0.2, 0.25) is 0 Å². The number of fused-ring (bicyclic) bond motifs is 1. The number of hydrogen-bond donors (Lipinski definition) is 0. The van der Waals surface area contributed by atoms with Crippen LogP contribution in [0.15, 0.2) is 48.7 Å². The van der Waals surface area contributed by atoms with Gasteiger partial charge in [0.15, 0.2) is 6.61 Å². The summed E-state index contributed by atoms with van der Waals surface area (Å²) < 4.78 is 7.46. The Balaban J connectivity index is 1.60. The van der Waals surface area contributed by atoms with Crippen molar-refractivity contribution in [2.75, 3.05) is 13.7 Å². The number of amides is 1. The molecule has 124 valence electrons. The van der Waals surface area contributed by atoms with E-state index in [4.69, 9.17) is 4.74 Å². The Morgan fingerprint density at radius 2 is 1.96 bits per heavy atom. The molecule has 5 nitrogen and oxygen atoms in total. The molecule has 0 spiro atoms. The van der Waals surface area contributed by atoms with Crippen molar-refractivity contribution >= 4 is 16.7 Å². The van der Waals surface area contributed by atoms with Crippen LogP contribution in [0.1, 0.15) is 11.3 Å². The van der Waals surface area contributed by atoms with E-state index < -0.39 is 0 Å². The summed E-state index contributed by atoms with van der Waals surface area (Å²) in [5, 5.41) is 6.45. The second kappa shape index (κ2) is 6.74. The van der Waals surface area contributed by atoms with Gasteiger partial charge in [0, 0.05) is 31.9 Å². The number of carbonyl (C=O) groups is 1. The summed E-state index contributed by atoms with van der Waals surface area (Å²) in [5.41, 5.74) is 2.10. The molecule has 1 aromatic heterocycles. The van der Waals surface area contributed by atoms with E-state index in [1.54, 1.807) is 22.8 Å². The fourth-order valence-electron chi connectivity index (χ4n) is 2.56. The van der Waals surface area contributed by atoms with Gasteiger partial charge in [0.05, 0.1) is 6.20 Å². The van der Waals surface area contributed by atoms with Crippen molar-refractivity contribution in [1.29, 1.82) is 0 Å². The zero-order chi connectivity index (χ0) is 17.1. The number of carbonyl (C=O) groups excluding carboxylic acids is 1. The van der Waals surface area contributed by atoms with Crippen LogP contribution in [0.5, 0.6) is 5.75 Å². The van der Waals surface area contributed by atoms with E-state index in [-0.39, 0.29) is 12.5 Å². The highest BCUT2D eigenvalue weighted by Crippen LogP contribution is 2.20. The first-order valence-electron chi connectivity index (χ1n) is 7.87. The van der Waals surface area contributed by atoms with Gasteiger partial charge in [0.25, 0.3) is 5.91 Å². The van der Waals surface area contributed by atoms with Crippen molar-refractivity contribution in [3.05, 3.63) is 59.9 Å². The van der Waals surface area contributed by atoms with Crippen molar-refractivity contribution < 1.29 is 9.53 Å². The van der Waals surface area contributed by atoms with Crippen molar-refractivity contribution in [3.63, 3.8) is 0 Å². The average Bonchev–Trinajstić information content (AvgIpc) is 2.91. The molecule has 0 aliphatic rings. The molecule has 0 N–H and O–H groups in total. The predicted octanol–water partition coefficient (Wildman–Crippen LogP) is 2.92. The first-order valence-corrected chi connectivity index (χ1v) is 7.87. The van der Waals surface area contributed by atoms with E-state index in [0.717, 1.165) is 22.0 Å². The normalized spacial score (nSPS) is 10.8. The lowest BCUT2D eigenvalue weighted by Gasteiger charge is -2.17. The molecule has 24 heavy (non-hydrogen) atoms. The van der Waals surface area contributed by atoms with Gasteiger partial charge >= 0.3 is 0 Å². The zero-order valence-corrected chi connectivity index (χ0v) is 14.2. The minimum absolute atomic E-state index is 0.0220. The summed E-state index contributed by atoms with van der Waals surface area (Å²) in [6.45, 7) is 2.54. The van der Waals surface area contributed by atoms with Crippen LogP contribution in [-0.2, 0) is 18.4 Å². The number of aryl methyl sites for hydroxylation is 1. The van der Waals surface area contributed by atoms with Gasteiger partial charge in [-0.1, -0.05) is 30.3 Å². The number of rotatable bonds is 5. The summed E-state index contributed by atoms with van der Waals surface area (Å²) in [6, 6.07) is 13.9. The van der Waals surface area contributed by atoms with Gasteiger partial charge < -0.3 is 9.64 Å². The highest BCUT2D eigenvalue weighted by atomic mass is 16.5. The zero-order valence-electron chi connectivity index (χ0n) is 14.2. The first kappa shape index (κ1) is 16.1. The molecule has 0 fully saturated rings. The maximum atomic E-state index is 12.3. The lowest BCUT2D eigenvalue weighted by atomic mass is 10.1. The summed E-state index contributed by atoms with van der Waals surface area (Å²) in [4.78, 5) is 13.9. The number of likely N-dealkylation sites (N-methyl/N-ethyl adjacent to an activating group) is 1. The molecule has 0 aliphatic heterocycles. The fraction of sp³-hybridized carbons (Fsp3) is 0.263. The number of nitrogens with zero attached hydrogens (tertiary/aromatic N) is 3. The molecule has 3 rings (SSSR count). The molecular formula is C19H21N3O2. The van der Waals surface area contributed by atoms with Gasteiger partial charge in [0.1, 0.15) is 5.75 Å². The molecule has 0 unspecified atom stereocenters. The van der Waals surface area contributed by atoms with E-state index >= 15 is 0 Å². The predicted molar refractivity (Wildman–Crippen MR) is 93.9 cm³/mol. The molecule has 5 heteroatoms. The van der Waals surface area contributed by atoms with Crippen molar-refractivity contribution in [1.82, 2.24) is 14.7 Å². The van der Waals surface area contributed by atoms with Gasteiger partial charge in [-0.25, -0.2) is 0 Å². The lowest BCUT2D eigenvalue weighted by Crippen LogP contribution is -2.31. The topological polar surface area (TPSA) is 47.4 Å². The Hall–Kier alpha value is -2.82. The Morgan fingerprint density at radius 1 is 1.21 bits per heavy atom.